The maximum atomic E-state index is 8.66. The Labute approximate surface area is 145 Å². The Morgan fingerprint density at radius 3 is 2.78 bits per heavy atom. The smallest absolute Gasteiger partial charge is 0.0440 e. The third-order valence-corrected chi connectivity index (χ3v) is 3.59. The molecule has 122 valence electrons. The van der Waals surface area contributed by atoms with E-state index in [4.69, 9.17) is 5.11 Å². The van der Waals surface area contributed by atoms with Gasteiger partial charge < -0.3 is 10.4 Å². The largest absolute Gasteiger partial charge is 0.396 e. The van der Waals surface area contributed by atoms with Crippen molar-refractivity contribution in [2.24, 2.45) is 0 Å². The molecule has 0 spiro atoms. The number of aliphatic hydroxyl groups excluding tert-OH is 1. The summed E-state index contributed by atoms with van der Waals surface area (Å²) in [7, 11) is 0. The van der Waals surface area contributed by atoms with Gasteiger partial charge in [-0.1, -0.05) is 60.4 Å². The number of halogens is 1. The van der Waals surface area contributed by atoms with Gasteiger partial charge in [-0.2, -0.15) is 0 Å². The van der Waals surface area contributed by atoms with Gasteiger partial charge in [0.1, 0.15) is 0 Å². The molecule has 23 heavy (non-hydrogen) atoms. The van der Waals surface area contributed by atoms with Crippen molar-refractivity contribution in [3.05, 3.63) is 60.2 Å². The van der Waals surface area contributed by atoms with Crippen LogP contribution in [0.5, 0.6) is 0 Å². The highest BCUT2D eigenvalue weighted by Gasteiger charge is 2.07. The third-order valence-electron chi connectivity index (χ3n) is 3.59. The van der Waals surface area contributed by atoms with E-state index in [1.807, 2.05) is 12.2 Å². The Balaban J connectivity index is 0.00000264. The van der Waals surface area contributed by atoms with Crippen LogP contribution in [0.4, 0.5) is 0 Å². The van der Waals surface area contributed by atoms with Crippen LogP contribution in [-0.4, -0.2) is 18.3 Å². The predicted molar refractivity (Wildman–Crippen MR) is 101 cm³/mol. The van der Waals surface area contributed by atoms with Crippen LogP contribution in [0, 0.1) is 11.8 Å². The van der Waals surface area contributed by atoms with Crippen molar-refractivity contribution < 1.29 is 5.11 Å². The van der Waals surface area contributed by atoms with Gasteiger partial charge in [-0.05, 0) is 35.8 Å². The average Bonchev–Trinajstić information content (AvgIpc) is 2.56. The lowest BCUT2D eigenvalue weighted by molar-refractivity contribution is 0.290. The first-order chi connectivity index (χ1) is 10.8. The monoisotopic (exact) mass is 329 g/mol. The van der Waals surface area contributed by atoms with Crippen LogP contribution < -0.4 is 5.32 Å². The second-order valence-corrected chi connectivity index (χ2v) is 5.25. The van der Waals surface area contributed by atoms with Gasteiger partial charge >= 0.3 is 0 Å². The van der Waals surface area contributed by atoms with Crippen LogP contribution in [0.25, 0.3) is 10.8 Å². The maximum absolute atomic E-state index is 8.66. The van der Waals surface area contributed by atoms with E-state index >= 15 is 0 Å². The molecule has 0 aliphatic carbocycles. The number of rotatable bonds is 6. The maximum Gasteiger partial charge on any atom is 0.0440 e. The van der Waals surface area contributed by atoms with Crippen LogP contribution in [0.3, 0.4) is 0 Å². The third kappa shape index (κ3) is 6.08. The van der Waals surface area contributed by atoms with E-state index in [2.05, 4.69) is 66.5 Å². The lowest BCUT2D eigenvalue weighted by Crippen LogP contribution is -2.18. The van der Waals surface area contributed by atoms with Crippen molar-refractivity contribution in [2.75, 3.05) is 13.2 Å². The van der Waals surface area contributed by atoms with Gasteiger partial charge in [0.25, 0.3) is 0 Å². The summed E-state index contributed by atoms with van der Waals surface area (Å²) < 4.78 is 0. The fraction of sp³-hybridized carbons (Fsp3) is 0.300. The van der Waals surface area contributed by atoms with Crippen molar-refractivity contribution in [3.8, 4) is 11.8 Å². The number of nitrogens with one attached hydrogen (secondary N) is 1. The lowest BCUT2D eigenvalue weighted by atomic mass is 10.00. The minimum absolute atomic E-state index is 0. The summed E-state index contributed by atoms with van der Waals surface area (Å²) in [6, 6.07) is 15.2. The Hall–Kier alpha value is -1.79. The summed E-state index contributed by atoms with van der Waals surface area (Å²) in [5, 5.41) is 14.7. The van der Waals surface area contributed by atoms with E-state index < -0.39 is 0 Å². The second kappa shape index (κ2) is 10.9. The van der Waals surface area contributed by atoms with Crippen molar-refractivity contribution in [1.82, 2.24) is 5.32 Å². The molecule has 0 aliphatic heterocycles. The van der Waals surface area contributed by atoms with E-state index in [-0.39, 0.29) is 25.1 Å². The van der Waals surface area contributed by atoms with E-state index in [1.54, 1.807) is 0 Å². The fourth-order valence-corrected chi connectivity index (χ4v) is 2.40. The van der Waals surface area contributed by atoms with E-state index in [0.717, 1.165) is 19.4 Å². The number of aliphatic hydroxyl groups is 1. The van der Waals surface area contributed by atoms with Gasteiger partial charge in [-0.25, -0.2) is 0 Å². The summed E-state index contributed by atoms with van der Waals surface area (Å²) in [4.78, 5) is 0. The standard InChI is InChI=1S/C20H23NO.ClH/c1-17(21-15-8-4-2-3-5-9-16-22)19-14-10-12-18-11-6-7-13-20(18)19;/h4,6-8,10-14,17,21-22H,5,9,15-16H2,1H3;1H/t17-;/m1./s1. The van der Waals surface area contributed by atoms with Gasteiger partial charge in [0.2, 0.25) is 0 Å². The molecule has 0 amide bonds. The molecule has 0 bridgehead atoms. The molecule has 1 atom stereocenters. The summed E-state index contributed by atoms with van der Waals surface area (Å²) >= 11 is 0. The summed E-state index contributed by atoms with van der Waals surface area (Å²) in [6.07, 6.45) is 5.41. The number of fused-ring (bicyclic) bond motifs is 1. The van der Waals surface area contributed by atoms with Gasteiger partial charge in [0.05, 0.1) is 0 Å². The summed E-state index contributed by atoms with van der Waals surface area (Å²) in [5.41, 5.74) is 1.32. The molecule has 2 rings (SSSR count). The average molecular weight is 330 g/mol. The second-order valence-electron chi connectivity index (χ2n) is 5.25. The highest BCUT2D eigenvalue weighted by Crippen LogP contribution is 2.23. The molecule has 2 aromatic rings. The summed E-state index contributed by atoms with van der Waals surface area (Å²) in [6.45, 7) is 3.18. The first-order valence-electron chi connectivity index (χ1n) is 7.78. The topological polar surface area (TPSA) is 32.3 Å². The van der Waals surface area contributed by atoms with Crippen molar-refractivity contribution >= 4 is 23.2 Å². The molecule has 0 saturated heterocycles. The predicted octanol–water partition coefficient (Wildman–Crippen LogP) is 4.24. The number of allylic oxidation sites excluding steroid dienone is 1. The Kier molecular flexibility index (Phi) is 9.09. The molecule has 2 nitrogen and oxygen atoms in total. The SMILES string of the molecule is C[C@@H](NCC=CC#CCCCO)c1cccc2ccccc12.Cl. The Bertz CT molecular complexity index is 679. The van der Waals surface area contributed by atoms with Crippen molar-refractivity contribution in [2.45, 2.75) is 25.8 Å². The fourth-order valence-electron chi connectivity index (χ4n) is 2.40. The molecule has 2 aromatic carbocycles. The molecular weight excluding hydrogens is 306 g/mol. The van der Waals surface area contributed by atoms with Crippen LogP contribution in [0.1, 0.15) is 31.4 Å². The zero-order valence-electron chi connectivity index (χ0n) is 13.5. The van der Waals surface area contributed by atoms with E-state index in [9.17, 15) is 0 Å². The van der Waals surface area contributed by atoms with Crippen LogP contribution in [0.2, 0.25) is 0 Å². The molecule has 0 heterocycles. The van der Waals surface area contributed by atoms with Crippen LogP contribution in [-0.2, 0) is 0 Å². The Morgan fingerprint density at radius 2 is 1.96 bits per heavy atom. The Morgan fingerprint density at radius 1 is 1.17 bits per heavy atom. The van der Waals surface area contributed by atoms with Crippen molar-refractivity contribution in [3.63, 3.8) is 0 Å². The zero-order chi connectivity index (χ0) is 15.6. The van der Waals surface area contributed by atoms with Crippen LogP contribution in [0.15, 0.2) is 54.6 Å². The first-order valence-corrected chi connectivity index (χ1v) is 7.78. The minimum Gasteiger partial charge on any atom is -0.396 e. The highest BCUT2D eigenvalue weighted by atomic mass is 35.5. The minimum atomic E-state index is 0. The normalized spacial score (nSPS) is 11.7. The quantitative estimate of drug-likeness (QED) is 0.613. The molecule has 2 N–H and O–H groups in total. The molecule has 0 unspecified atom stereocenters. The highest BCUT2D eigenvalue weighted by molar-refractivity contribution is 5.86. The summed E-state index contributed by atoms with van der Waals surface area (Å²) in [5.74, 6) is 5.99. The van der Waals surface area contributed by atoms with Crippen molar-refractivity contribution in [1.29, 1.82) is 0 Å². The number of benzene rings is 2. The lowest BCUT2D eigenvalue weighted by Gasteiger charge is -2.15. The van der Waals surface area contributed by atoms with Crippen LogP contribution >= 0.6 is 12.4 Å². The van der Waals surface area contributed by atoms with Gasteiger partial charge in [-0.3, -0.25) is 0 Å². The number of hydrogen-bond acceptors (Lipinski definition) is 2. The molecule has 0 aliphatic rings. The van der Waals surface area contributed by atoms with Gasteiger partial charge in [0.15, 0.2) is 0 Å². The molecule has 0 fully saturated rings. The molecule has 0 saturated carbocycles. The molecule has 0 aromatic heterocycles. The van der Waals surface area contributed by atoms with E-state index in [0.29, 0.717) is 0 Å². The molecule has 0 radical (unpaired) electrons. The van der Waals surface area contributed by atoms with E-state index in [1.165, 1.54) is 16.3 Å². The van der Waals surface area contributed by atoms with Gasteiger partial charge in [-0.15, -0.1) is 12.4 Å². The first kappa shape index (κ1) is 19.3. The molecule has 3 heteroatoms. The zero-order valence-corrected chi connectivity index (χ0v) is 14.3. The molecular formula is C20H24ClNO. The number of hydrogen-bond donors (Lipinski definition) is 2. The number of unbranched alkanes of at least 4 members (excludes halogenated alkanes) is 1. The van der Waals surface area contributed by atoms with Gasteiger partial charge in [0, 0.05) is 25.6 Å².